The Hall–Kier alpha value is -1.10. The van der Waals surface area contributed by atoms with Crippen LogP contribution in [0.1, 0.15) is 123 Å². The first-order valence-corrected chi connectivity index (χ1v) is 10.9. The van der Waals surface area contributed by atoms with Gasteiger partial charge in [0.15, 0.2) is 0 Å². The van der Waals surface area contributed by atoms with Crippen molar-refractivity contribution in [3.05, 3.63) is 0 Å². The summed E-state index contributed by atoms with van der Waals surface area (Å²) in [4.78, 5) is 25.7. The zero-order valence-electron chi connectivity index (χ0n) is 18.5. The molecule has 4 aliphatic carbocycles. The Bertz CT molecular complexity index is 616. The molecular weight excluding hydrogens is 404 g/mol. The van der Waals surface area contributed by atoms with Gasteiger partial charge in [0, 0.05) is 6.42 Å². The van der Waals surface area contributed by atoms with E-state index in [1.54, 1.807) is 0 Å². The lowest BCUT2D eigenvalue weighted by Gasteiger charge is -2.59. The van der Waals surface area contributed by atoms with E-state index in [0.29, 0.717) is 31.1 Å². The zero-order valence-corrected chi connectivity index (χ0v) is 18.5. The van der Waals surface area contributed by atoms with Gasteiger partial charge in [-0.3, -0.25) is 9.59 Å². The van der Waals surface area contributed by atoms with E-state index in [4.69, 9.17) is 9.47 Å². The fourth-order valence-electron chi connectivity index (χ4n) is 6.06. The van der Waals surface area contributed by atoms with Crippen molar-refractivity contribution >= 4 is 11.9 Å². The van der Waals surface area contributed by atoms with Crippen LogP contribution in [0.4, 0.5) is 0 Å². The predicted octanol–water partition coefficient (Wildman–Crippen LogP) is 6.94. The molecule has 5 heteroatoms. The Kier molecular flexibility index (Phi) is 11.2. The Morgan fingerprint density at radius 3 is 1.88 bits per heavy atom. The van der Waals surface area contributed by atoms with Gasteiger partial charge in [0.05, 0.1) is 16.9 Å². The topological polar surface area (TPSA) is 72.8 Å². The third kappa shape index (κ3) is 7.20. The lowest BCUT2D eigenvalue weighted by atomic mass is 9.52. The largest absolute Gasteiger partial charge is 0.460 e. The molecule has 4 rings (SSSR count). The molecule has 4 bridgehead atoms. The minimum Gasteiger partial charge on any atom is -0.460 e. The number of aliphatic hydroxyl groups is 1. The minimum atomic E-state index is -0.757. The van der Waals surface area contributed by atoms with Gasteiger partial charge in [-0.1, -0.05) is 36.6 Å². The lowest BCUT2D eigenvalue weighted by molar-refractivity contribution is -0.223. The van der Waals surface area contributed by atoms with Crippen molar-refractivity contribution in [1.29, 1.82) is 0 Å². The van der Waals surface area contributed by atoms with E-state index in [9.17, 15) is 14.7 Å². The summed E-state index contributed by atoms with van der Waals surface area (Å²) in [6, 6.07) is 0. The van der Waals surface area contributed by atoms with E-state index in [-0.39, 0.29) is 47.6 Å². The summed E-state index contributed by atoms with van der Waals surface area (Å²) in [6.07, 6.45) is 6.22. The molecule has 0 saturated heterocycles. The maximum atomic E-state index is 13.1. The Morgan fingerprint density at radius 2 is 1.47 bits per heavy atom. The second-order valence-corrected chi connectivity index (χ2v) is 11.5. The highest BCUT2D eigenvalue weighted by Gasteiger charge is 2.59. The van der Waals surface area contributed by atoms with Gasteiger partial charge in [-0.05, 0) is 91.4 Å². The molecule has 4 aliphatic rings. The number of hydrogen-bond donors (Lipinski definition) is 1. The first-order valence-electron chi connectivity index (χ1n) is 10.9. The Balaban J connectivity index is 0. The molecule has 3 atom stereocenters. The van der Waals surface area contributed by atoms with Gasteiger partial charge in [-0.25, -0.2) is 0 Å². The summed E-state index contributed by atoms with van der Waals surface area (Å²) in [7, 11) is 0. The van der Waals surface area contributed by atoms with Crippen LogP contribution in [0.25, 0.3) is 0 Å². The highest BCUT2D eigenvalue weighted by atomic mass is 16.6. The maximum absolute atomic E-state index is 13.1. The van der Waals surface area contributed by atoms with Crippen molar-refractivity contribution in [2.45, 2.75) is 139 Å². The average Bonchev–Trinajstić information content (AvgIpc) is 2.47. The predicted molar refractivity (Wildman–Crippen MR) is 133 cm³/mol. The van der Waals surface area contributed by atoms with Gasteiger partial charge in [0.25, 0.3) is 0 Å². The van der Waals surface area contributed by atoms with Gasteiger partial charge < -0.3 is 14.6 Å². The maximum Gasteiger partial charge on any atom is 0.312 e. The highest BCUT2D eigenvalue weighted by molar-refractivity contribution is 5.79. The molecular formula is C27H54O5. The molecule has 0 aromatic rings. The van der Waals surface area contributed by atoms with Gasteiger partial charge >= 0.3 is 11.9 Å². The smallest absolute Gasteiger partial charge is 0.312 e. The molecule has 0 amide bonds. The van der Waals surface area contributed by atoms with Gasteiger partial charge in [-0.2, -0.15) is 0 Å². The number of carbonyl (C=O) groups is 2. The van der Waals surface area contributed by atoms with Crippen LogP contribution in [-0.2, 0) is 19.1 Å². The van der Waals surface area contributed by atoms with Crippen LogP contribution in [0, 0.1) is 23.2 Å². The number of ether oxygens (including phenoxy) is 2. The molecule has 0 aliphatic heterocycles. The van der Waals surface area contributed by atoms with Crippen molar-refractivity contribution in [3.63, 3.8) is 0 Å². The third-order valence-electron chi connectivity index (χ3n) is 6.83. The molecule has 0 spiro atoms. The second kappa shape index (κ2) is 10.9. The molecule has 3 unspecified atom stereocenters. The van der Waals surface area contributed by atoms with Crippen LogP contribution < -0.4 is 0 Å². The van der Waals surface area contributed by atoms with Crippen LogP contribution in [0.15, 0.2) is 0 Å². The SMILES string of the molecule is C.C.C.C.CCC(CC(C)(C)C(=O)OC(C)(C)C)C(=O)OC12CC3CC(CC(O)(C3)C1)C2. The molecule has 1 N–H and O–H groups in total. The fraction of sp³-hybridized carbons (Fsp3) is 0.926. The number of hydrogen-bond acceptors (Lipinski definition) is 5. The molecule has 4 saturated carbocycles. The van der Waals surface area contributed by atoms with E-state index >= 15 is 0 Å². The minimum absolute atomic E-state index is 0. The molecule has 5 nitrogen and oxygen atoms in total. The summed E-state index contributed by atoms with van der Waals surface area (Å²) in [6.45, 7) is 11.2. The first-order chi connectivity index (χ1) is 12.7. The Labute approximate surface area is 199 Å². The van der Waals surface area contributed by atoms with Crippen molar-refractivity contribution in [2.75, 3.05) is 0 Å². The summed E-state index contributed by atoms with van der Waals surface area (Å²) in [5, 5.41) is 10.9. The van der Waals surface area contributed by atoms with Crippen molar-refractivity contribution in [2.24, 2.45) is 23.2 Å². The van der Waals surface area contributed by atoms with Crippen LogP contribution in [0.2, 0.25) is 0 Å². The van der Waals surface area contributed by atoms with Crippen LogP contribution in [0.5, 0.6) is 0 Å². The summed E-state index contributed by atoms with van der Waals surface area (Å²) in [5.74, 6) is 0.0971. The van der Waals surface area contributed by atoms with E-state index in [1.165, 1.54) is 0 Å². The van der Waals surface area contributed by atoms with Gasteiger partial charge in [0.2, 0.25) is 0 Å². The van der Waals surface area contributed by atoms with Crippen molar-refractivity contribution in [3.8, 4) is 0 Å². The molecule has 0 radical (unpaired) electrons. The van der Waals surface area contributed by atoms with Gasteiger partial charge in [0.1, 0.15) is 11.2 Å². The fourth-order valence-corrected chi connectivity index (χ4v) is 6.06. The van der Waals surface area contributed by atoms with E-state index in [2.05, 4.69) is 0 Å². The molecule has 192 valence electrons. The quantitative estimate of drug-likeness (QED) is 0.436. The summed E-state index contributed by atoms with van der Waals surface area (Å²) in [5.41, 5.74) is -2.46. The van der Waals surface area contributed by atoms with Crippen LogP contribution in [-0.4, -0.2) is 33.8 Å². The third-order valence-corrected chi connectivity index (χ3v) is 6.83. The van der Waals surface area contributed by atoms with Crippen LogP contribution >= 0.6 is 0 Å². The number of esters is 2. The lowest BCUT2D eigenvalue weighted by Crippen LogP contribution is -2.60. The van der Waals surface area contributed by atoms with Gasteiger partial charge in [-0.15, -0.1) is 0 Å². The zero-order chi connectivity index (χ0) is 21.0. The Morgan fingerprint density at radius 1 is 0.969 bits per heavy atom. The molecule has 0 aromatic carbocycles. The average molecular weight is 459 g/mol. The summed E-state index contributed by atoms with van der Waals surface area (Å²) >= 11 is 0. The van der Waals surface area contributed by atoms with Crippen molar-refractivity contribution < 1.29 is 24.2 Å². The standard InChI is InChI=1S/C23H38O5.4CH4/c1-7-17(13-21(5,6)19(25)28-20(2,3)4)18(24)27-23-11-15-8-16(12-23)10-22(26,9-15)14-23;;;;/h15-17,26H,7-14H2,1-6H3;4*1H4. The van der Waals surface area contributed by atoms with E-state index < -0.39 is 22.2 Å². The number of rotatable bonds is 6. The summed E-state index contributed by atoms with van der Waals surface area (Å²) < 4.78 is 11.7. The second-order valence-electron chi connectivity index (χ2n) is 11.5. The van der Waals surface area contributed by atoms with E-state index in [1.807, 2.05) is 41.5 Å². The molecule has 0 aromatic heterocycles. The molecule has 4 fully saturated rings. The van der Waals surface area contributed by atoms with E-state index in [0.717, 1.165) is 32.1 Å². The highest BCUT2D eigenvalue weighted by Crippen LogP contribution is 2.59. The molecule has 32 heavy (non-hydrogen) atoms. The normalized spacial score (nSPS) is 31.1. The van der Waals surface area contributed by atoms with Crippen molar-refractivity contribution in [1.82, 2.24) is 0 Å². The van der Waals surface area contributed by atoms with Crippen LogP contribution in [0.3, 0.4) is 0 Å². The monoisotopic (exact) mass is 458 g/mol. The number of carbonyl (C=O) groups excluding carboxylic acids is 2. The first kappa shape index (κ1) is 33.1. The molecule has 0 heterocycles.